The van der Waals surface area contributed by atoms with Gasteiger partial charge < -0.3 is 14.5 Å². The predicted octanol–water partition coefficient (Wildman–Crippen LogP) is 1.39. The third kappa shape index (κ3) is 3.23. The molecule has 0 radical (unpaired) electrons. The molecule has 3 aliphatic rings. The summed E-state index contributed by atoms with van der Waals surface area (Å²) in [5, 5.41) is 2.32. The molecule has 8 heteroatoms. The van der Waals surface area contributed by atoms with Crippen LogP contribution in [-0.4, -0.2) is 59.9 Å². The van der Waals surface area contributed by atoms with Gasteiger partial charge in [-0.15, -0.1) is 0 Å². The zero-order valence-corrected chi connectivity index (χ0v) is 15.8. The number of carbonyl (C=O) groups is 4. The molecule has 1 aromatic carbocycles. The van der Waals surface area contributed by atoms with Gasteiger partial charge in [0, 0.05) is 31.6 Å². The molecule has 0 spiro atoms. The molecule has 2 saturated heterocycles. The number of rotatable bonds is 2. The van der Waals surface area contributed by atoms with E-state index in [9.17, 15) is 19.2 Å². The van der Waals surface area contributed by atoms with Crippen LogP contribution in [0.3, 0.4) is 0 Å². The van der Waals surface area contributed by atoms with Gasteiger partial charge >= 0.3 is 6.09 Å². The second-order valence-electron chi connectivity index (χ2n) is 7.55. The standard InChI is InChI=1S/C20H23N3O5/c1-28-20(27)22-8-6-12(7-9-22)13-2-3-15-14(10-13)11-23(19(15)26)16-4-5-17(24)21-18(16)25/h2-3,10,12,16H,4-9,11H2,1H3,(H,21,24,25). The van der Waals surface area contributed by atoms with Gasteiger partial charge in [0.05, 0.1) is 7.11 Å². The Labute approximate surface area is 162 Å². The van der Waals surface area contributed by atoms with Gasteiger partial charge in [0.2, 0.25) is 11.8 Å². The van der Waals surface area contributed by atoms with E-state index >= 15 is 0 Å². The first-order valence-corrected chi connectivity index (χ1v) is 9.58. The van der Waals surface area contributed by atoms with Crippen LogP contribution in [0.25, 0.3) is 0 Å². The molecule has 0 bridgehead atoms. The number of likely N-dealkylation sites (tertiary alicyclic amines) is 1. The molecule has 148 valence electrons. The third-order valence-corrected chi connectivity index (χ3v) is 5.95. The second kappa shape index (κ2) is 7.26. The van der Waals surface area contributed by atoms with E-state index in [1.165, 1.54) is 7.11 Å². The molecule has 0 saturated carbocycles. The summed E-state index contributed by atoms with van der Waals surface area (Å²) in [6.07, 6.45) is 2.01. The zero-order chi connectivity index (χ0) is 19.8. The molecule has 28 heavy (non-hydrogen) atoms. The average molecular weight is 385 g/mol. The van der Waals surface area contributed by atoms with Crippen molar-refractivity contribution in [3.63, 3.8) is 0 Å². The Morgan fingerprint density at radius 2 is 1.89 bits per heavy atom. The molecular weight excluding hydrogens is 362 g/mol. The zero-order valence-electron chi connectivity index (χ0n) is 15.8. The van der Waals surface area contributed by atoms with Crippen molar-refractivity contribution in [2.45, 2.75) is 44.2 Å². The summed E-state index contributed by atoms with van der Waals surface area (Å²) in [5.41, 5.74) is 2.70. The highest BCUT2D eigenvalue weighted by atomic mass is 16.5. The highest BCUT2D eigenvalue weighted by molar-refractivity contribution is 6.05. The Morgan fingerprint density at radius 1 is 1.14 bits per heavy atom. The number of benzene rings is 1. The van der Waals surface area contributed by atoms with E-state index in [2.05, 4.69) is 11.4 Å². The molecule has 0 aliphatic carbocycles. The fraction of sp³-hybridized carbons (Fsp3) is 0.500. The maximum atomic E-state index is 12.8. The average Bonchev–Trinajstić information content (AvgIpc) is 3.03. The van der Waals surface area contributed by atoms with Crippen molar-refractivity contribution >= 4 is 23.8 Å². The van der Waals surface area contributed by atoms with E-state index < -0.39 is 11.9 Å². The number of piperidine rings is 2. The van der Waals surface area contributed by atoms with Gasteiger partial charge in [0.15, 0.2) is 0 Å². The van der Waals surface area contributed by atoms with E-state index in [-0.39, 0.29) is 24.3 Å². The van der Waals surface area contributed by atoms with Gasteiger partial charge in [0.1, 0.15) is 6.04 Å². The number of ether oxygens (including phenoxy) is 1. The molecule has 2 fully saturated rings. The van der Waals surface area contributed by atoms with Crippen molar-refractivity contribution in [3.8, 4) is 0 Å². The lowest BCUT2D eigenvalue weighted by Crippen LogP contribution is -2.52. The monoisotopic (exact) mass is 385 g/mol. The lowest BCUT2D eigenvalue weighted by atomic mass is 9.88. The lowest BCUT2D eigenvalue weighted by Gasteiger charge is -2.31. The van der Waals surface area contributed by atoms with Crippen LogP contribution in [0.5, 0.6) is 0 Å². The first-order valence-electron chi connectivity index (χ1n) is 9.58. The Morgan fingerprint density at radius 3 is 2.57 bits per heavy atom. The minimum absolute atomic E-state index is 0.156. The molecule has 8 nitrogen and oxygen atoms in total. The van der Waals surface area contributed by atoms with Crippen molar-refractivity contribution in [2.75, 3.05) is 20.2 Å². The Bertz CT molecular complexity index is 844. The molecule has 1 unspecified atom stereocenters. The van der Waals surface area contributed by atoms with Crippen LogP contribution < -0.4 is 5.32 Å². The number of amides is 4. The summed E-state index contributed by atoms with van der Waals surface area (Å²) in [4.78, 5) is 51.2. The third-order valence-electron chi connectivity index (χ3n) is 5.95. The number of carbonyl (C=O) groups excluding carboxylic acids is 4. The summed E-state index contributed by atoms with van der Waals surface area (Å²) in [6.45, 7) is 1.68. The maximum Gasteiger partial charge on any atom is 0.409 e. The number of hydrogen-bond acceptors (Lipinski definition) is 5. The fourth-order valence-electron chi connectivity index (χ4n) is 4.37. The normalized spacial score (nSPS) is 22.9. The quantitative estimate of drug-likeness (QED) is 0.776. The van der Waals surface area contributed by atoms with Gasteiger partial charge in [-0.1, -0.05) is 12.1 Å². The highest BCUT2D eigenvalue weighted by Crippen LogP contribution is 2.33. The summed E-state index contributed by atoms with van der Waals surface area (Å²) >= 11 is 0. The molecule has 3 aliphatic heterocycles. The van der Waals surface area contributed by atoms with Crippen LogP contribution in [0.4, 0.5) is 4.79 Å². The van der Waals surface area contributed by atoms with E-state index in [4.69, 9.17) is 4.74 Å². The van der Waals surface area contributed by atoms with Crippen molar-refractivity contribution < 1.29 is 23.9 Å². The predicted molar refractivity (Wildman–Crippen MR) is 98.4 cm³/mol. The van der Waals surface area contributed by atoms with Gasteiger partial charge in [0.25, 0.3) is 5.91 Å². The number of fused-ring (bicyclic) bond motifs is 1. The molecule has 4 amide bonds. The largest absolute Gasteiger partial charge is 0.453 e. The minimum atomic E-state index is -0.593. The molecular formula is C20H23N3O5. The molecule has 1 N–H and O–H groups in total. The minimum Gasteiger partial charge on any atom is -0.453 e. The van der Waals surface area contributed by atoms with Crippen LogP contribution in [-0.2, 0) is 20.9 Å². The van der Waals surface area contributed by atoms with E-state index in [0.717, 1.165) is 24.0 Å². The van der Waals surface area contributed by atoms with Crippen molar-refractivity contribution in [2.24, 2.45) is 0 Å². The summed E-state index contributed by atoms with van der Waals surface area (Å²) in [7, 11) is 1.39. The van der Waals surface area contributed by atoms with Crippen LogP contribution in [0, 0.1) is 0 Å². The Balaban J connectivity index is 1.46. The number of nitrogens with one attached hydrogen (secondary N) is 1. The van der Waals surface area contributed by atoms with Crippen molar-refractivity contribution in [1.29, 1.82) is 0 Å². The number of methoxy groups -OCH3 is 1. The maximum absolute atomic E-state index is 12.8. The van der Waals surface area contributed by atoms with E-state index in [1.807, 2.05) is 12.1 Å². The number of hydrogen-bond donors (Lipinski definition) is 1. The molecule has 0 aromatic heterocycles. The molecule has 1 atom stereocenters. The lowest BCUT2D eigenvalue weighted by molar-refractivity contribution is -0.136. The highest BCUT2D eigenvalue weighted by Gasteiger charge is 2.39. The number of nitrogens with zero attached hydrogens (tertiary/aromatic N) is 2. The SMILES string of the molecule is COC(=O)N1CCC(c2ccc3c(c2)CN(C2CCC(=O)NC2=O)C3=O)CC1. The fourth-order valence-corrected chi connectivity index (χ4v) is 4.37. The second-order valence-corrected chi connectivity index (χ2v) is 7.55. The van der Waals surface area contributed by atoms with Gasteiger partial charge in [-0.05, 0) is 42.4 Å². The van der Waals surface area contributed by atoms with Crippen molar-refractivity contribution in [3.05, 3.63) is 34.9 Å². The summed E-state index contributed by atoms with van der Waals surface area (Å²) < 4.78 is 4.78. The van der Waals surface area contributed by atoms with Gasteiger partial charge in [-0.2, -0.15) is 0 Å². The Kier molecular flexibility index (Phi) is 4.78. The van der Waals surface area contributed by atoms with Crippen LogP contribution in [0.2, 0.25) is 0 Å². The summed E-state index contributed by atoms with van der Waals surface area (Å²) in [5.74, 6) is -0.513. The van der Waals surface area contributed by atoms with E-state index in [1.54, 1.807) is 9.80 Å². The Hall–Kier alpha value is -2.90. The van der Waals surface area contributed by atoms with Crippen LogP contribution >= 0.6 is 0 Å². The summed E-state index contributed by atoms with van der Waals surface area (Å²) in [6, 6.07) is 5.27. The topological polar surface area (TPSA) is 96.0 Å². The van der Waals surface area contributed by atoms with Gasteiger partial charge in [-0.25, -0.2) is 4.79 Å². The number of imide groups is 1. The smallest absolute Gasteiger partial charge is 0.409 e. The van der Waals surface area contributed by atoms with E-state index in [0.29, 0.717) is 37.5 Å². The molecule has 4 rings (SSSR count). The van der Waals surface area contributed by atoms with Crippen LogP contribution in [0.1, 0.15) is 53.1 Å². The molecule has 1 aromatic rings. The van der Waals surface area contributed by atoms with Gasteiger partial charge in [-0.3, -0.25) is 19.7 Å². The first-order chi connectivity index (χ1) is 13.5. The van der Waals surface area contributed by atoms with Crippen molar-refractivity contribution in [1.82, 2.24) is 15.1 Å². The van der Waals surface area contributed by atoms with Crippen LogP contribution in [0.15, 0.2) is 18.2 Å². The first kappa shape index (κ1) is 18.5. The molecule has 3 heterocycles.